The molecule has 0 radical (unpaired) electrons. The first-order chi connectivity index (χ1) is 8.03. The van der Waals surface area contributed by atoms with Gasteiger partial charge in [0.15, 0.2) is 9.84 Å². The second-order valence-corrected chi connectivity index (χ2v) is 6.89. The van der Waals surface area contributed by atoms with Gasteiger partial charge in [-0.15, -0.1) is 0 Å². The van der Waals surface area contributed by atoms with Crippen LogP contribution in [0.4, 0.5) is 0 Å². The van der Waals surface area contributed by atoms with Crippen molar-refractivity contribution in [3.05, 3.63) is 29.8 Å². The number of sulfone groups is 1. The lowest BCUT2D eigenvalue weighted by molar-refractivity contribution is 0.256. The molecule has 17 heavy (non-hydrogen) atoms. The Morgan fingerprint density at radius 3 is 2.82 bits per heavy atom. The van der Waals surface area contributed by atoms with E-state index in [1.807, 2.05) is 24.3 Å². The van der Waals surface area contributed by atoms with Crippen molar-refractivity contribution < 1.29 is 13.2 Å². The summed E-state index contributed by atoms with van der Waals surface area (Å²) >= 11 is 0. The van der Waals surface area contributed by atoms with E-state index in [0.717, 1.165) is 11.3 Å². The van der Waals surface area contributed by atoms with Gasteiger partial charge in [0, 0.05) is 13.0 Å². The summed E-state index contributed by atoms with van der Waals surface area (Å²) < 4.78 is 29.4. The van der Waals surface area contributed by atoms with Crippen LogP contribution in [-0.4, -0.2) is 32.1 Å². The summed E-state index contributed by atoms with van der Waals surface area (Å²) in [4.78, 5) is 0. The normalized spacial score (nSPS) is 20.7. The van der Waals surface area contributed by atoms with Crippen molar-refractivity contribution in [2.75, 3.05) is 12.3 Å². The van der Waals surface area contributed by atoms with Gasteiger partial charge in [-0.1, -0.05) is 18.2 Å². The van der Waals surface area contributed by atoms with Crippen LogP contribution < -0.4 is 10.5 Å². The molecule has 0 aromatic heterocycles. The standard InChI is InChI=1S/C12H17NO3S/c1-9(7-13)17(14,15)8-11-6-10-4-2-3-5-12(10)16-11/h2-5,9,11H,6-8,13H2,1H3. The van der Waals surface area contributed by atoms with E-state index in [1.54, 1.807) is 6.92 Å². The Hall–Kier alpha value is -1.07. The Morgan fingerprint density at radius 1 is 1.47 bits per heavy atom. The minimum atomic E-state index is -3.16. The Labute approximate surface area is 102 Å². The predicted molar refractivity (Wildman–Crippen MR) is 66.9 cm³/mol. The molecule has 2 unspecified atom stereocenters. The second kappa shape index (κ2) is 4.66. The molecule has 0 saturated carbocycles. The van der Waals surface area contributed by atoms with Gasteiger partial charge in [-0.05, 0) is 18.6 Å². The third-order valence-corrected chi connectivity index (χ3v) is 5.33. The summed E-state index contributed by atoms with van der Waals surface area (Å²) in [7, 11) is -3.16. The number of benzene rings is 1. The van der Waals surface area contributed by atoms with E-state index in [0.29, 0.717) is 6.42 Å². The molecule has 5 heteroatoms. The molecule has 2 atom stereocenters. The van der Waals surface area contributed by atoms with Crippen LogP contribution in [0.3, 0.4) is 0 Å². The molecular formula is C12H17NO3S. The van der Waals surface area contributed by atoms with Gasteiger partial charge in [-0.25, -0.2) is 8.42 Å². The Morgan fingerprint density at radius 2 is 2.18 bits per heavy atom. The maximum atomic E-state index is 11.9. The van der Waals surface area contributed by atoms with Crippen LogP contribution in [0.25, 0.3) is 0 Å². The number of ether oxygens (including phenoxy) is 1. The van der Waals surface area contributed by atoms with Gasteiger partial charge in [0.1, 0.15) is 11.9 Å². The summed E-state index contributed by atoms with van der Waals surface area (Å²) in [5, 5.41) is -0.505. The fraction of sp³-hybridized carbons (Fsp3) is 0.500. The SMILES string of the molecule is CC(CN)S(=O)(=O)CC1Cc2ccccc2O1. The molecular weight excluding hydrogens is 238 g/mol. The molecule has 1 heterocycles. The van der Waals surface area contributed by atoms with Crippen LogP contribution in [0.2, 0.25) is 0 Å². The second-order valence-electron chi connectivity index (χ2n) is 4.43. The van der Waals surface area contributed by atoms with Crippen molar-refractivity contribution >= 4 is 9.84 Å². The lowest BCUT2D eigenvalue weighted by Gasteiger charge is -2.14. The van der Waals surface area contributed by atoms with Crippen LogP contribution in [0, 0.1) is 0 Å². The zero-order valence-electron chi connectivity index (χ0n) is 9.80. The van der Waals surface area contributed by atoms with E-state index in [9.17, 15) is 8.42 Å². The fourth-order valence-corrected chi connectivity index (χ4v) is 3.24. The van der Waals surface area contributed by atoms with E-state index in [2.05, 4.69) is 0 Å². The van der Waals surface area contributed by atoms with Gasteiger partial charge < -0.3 is 10.5 Å². The Bertz CT molecular complexity index is 473. The van der Waals surface area contributed by atoms with Crippen LogP contribution in [0.1, 0.15) is 12.5 Å². The van der Waals surface area contributed by atoms with Crippen LogP contribution in [-0.2, 0) is 16.3 Å². The molecule has 1 aliphatic heterocycles. The monoisotopic (exact) mass is 255 g/mol. The number of rotatable bonds is 4. The molecule has 4 nitrogen and oxygen atoms in total. The van der Waals surface area contributed by atoms with E-state index in [4.69, 9.17) is 10.5 Å². The van der Waals surface area contributed by atoms with Crippen molar-refractivity contribution in [1.82, 2.24) is 0 Å². The zero-order chi connectivity index (χ0) is 12.5. The largest absolute Gasteiger partial charge is 0.489 e. The van der Waals surface area contributed by atoms with E-state index in [-0.39, 0.29) is 18.4 Å². The molecule has 0 amide bonds. The predicted octanol–water partition coefficient (Wildman–Crippen LogP) is 0.752. The van der Waals surface area contributed by atoms with Gasteiger partial charge in [-0.2, -0.15) is 0 Å². The highest BCUT2D eigenvalue weighted by Gasteiger charge is 2.30. The number of para-hydroxylation sites is 1. The summed E-state index contributed by atoms with van der Waals surface area (Å²) in [6.07, 6.45) is 0.388. The Kier molecular flexibility index (Phi) is 3.40. The molecule has 2 N–H and O–H groups in total. The van der Waals surface area contributed by atoms with Crippen LogP contribution in [0.5, 0.6) is 5.75 Å². The lowest BCUT2D eigenvalue weighted by atomic mass is 10.1. The molecule has 0 spiro atoms. The first-order valence-corrected chi connectivity index (χ1v) is 7.40. The maximum absolute atomic E-state index is 11.9. The average molecular weight is 255 g/mol. The van der Waals surface area contributed by atoms with Gasteiger partial charge in [0.25, 0.3) is 0 Å². The minimum Gasteiger partial charge on any atom is -0.489 e. The number of nitrogens with two attached hydrogens (primary N) is 1. The van der Waals surface area contributed by atoms with Crippen molar-refractivity contribution in [3.8, 4) is 5.75 Å². The highest BCUT2D eigenvalue weighted by atomic mass is 32.2. The highest BCUT2D eigenvalue weighted by Crippen LogP contribution is 2.29. The highest BCUT2D eigenvalue weighted by molar-refractivity contribution is 7.92. The smallest absolute Gasteiger partial charge is 0.157 e. The van der Waals surface area contributed by atoms with E-state index in [1.165, 1.54) is 0 Å². The van der Waals surface area contributed by atoms with Crippen LogP contribution >= 0.6 is 0 Å². The first kappa shape index (κ1) is 12.4. The number of hydrogen-bond acceptors (Lipinski definition) is 4. The molecule has 1 aromatic rings. The summed E-state index contributed by atoms with van der Waals surface area (Å²) in [6, 6.07) is 7.66. The molecule has 2 rings (SSSR count). The summed E-state index contributed by atoms with van der Waals surface area (Å²) in [5.41, 5.74) is 6.47. The first-order valence-electron chi connectivity index (χ1n) is 5.69. The molecule has 94 valence electrons. The summed E-state index contributed by atoms with van der Waals surface area (Å²) in [6.45, 7) is 1.79. The van der Waals surface area contributed by atoms with Crippen LogP contribution in [0.15, 0.2) is 24.3 Å². The lowest BCUT2D eigenvalue weighted by Crippen LogP contribution is -2.34. The van der Waals surface area contributed by atoms with Gasteiger partial charge >= 0.3 is 0 Å². The van der Waals surface area contributed by atoms with Gasteiger partial charge in [0.05, 0.1) is 11.0 Å². The van der Waals surface area contributed by atoms with Gasteiger partial charge in [0.2, 0.25) is 0 Å². The summed E-state index contributed by atoms with van der Waals surface area (Å²) in [5.74, 6) is 0.841. The Balaban J connectivity index is 2.05. The molecule has 0 fully saturated rings. The molecule has 0 aliphatic carbocycles. The number of hydrogen-bond donors (Lipinski definition) is 1. The van der Waals surface area contributed by atoms with E-state index >= 15 is 0 Å². The third-order valence-electron chi connectivity index (χ3n) is 3.08. The molecule has 1 aromatic carbocycles. The van der Waals surface area contributed by atoms with E-state index < -0.39 is 15.1 Å². The van der Waals surface area contributed by atoms with Crippen molar-refractivity contribution in [2.45, 2.75) is 24.7 Å². The zero-order valence-corrected chi connectivity index (χ0v) is 10.6. The number of fused-ring (bicyclic) bond motifs is 1. The average Bonchev–Trinajstić information content (AvgIpc) is 2.68. The quantitative estimate of drug-likeness (QED) is 0.862. The maximum Gasteiger partial charge on any atom is 0.157 e. The van der Waals surface area contributed by atoms with Crippen molar-refractivity contribution in [2.24, 2.45) is 5.73 Å². The minimum absolute atomic E-state index is 0.0417. The molecule has 1 aliphatic rings. The third kappa shape index (κ3) is 2.61. The molecule has 0 bridgehead atoms. The van der Waals surface area contributed by atoms with Crippen molar-refractivity contribution in [3.63, 3.8) is 0 Å². The molecule has 0 saturated heterocycles. The van der Waals surface area contributed by atoms with Gasteiger partial charge in [-0.3, -0.25) is 0 Å². The fourth-order valence-electron chi connectivity index (χ4n) is 1.92. The topological polar surface area (TPSA) is 69.4 Å². The van der Waals surface area contributed by atoms with Crippen molar-refractivity contribution in [1.29, 1.82) is 0 Å².